The Bertz CT molecular complexity index is 555. The van der Waals surface area contributed by atoms with Crippen molar-refractivity contribution in [1.29, 1.82) is 0 Å². The minimum absolute atomic E-state index is 0.131. The maximum absolute atomic E-state index is 12.1. The van der Waals surface area contributed by atoms with Crippen LogP contribution in [0.3, 0.4) is 0 Å². The third kappa shape index (κ3) is 4.79. The van der Waals surface area contributed by atoms with Crippen molar-refractivity contribution >= 4 is 21.6 Å². The molecule has 0 saturated carbocycles. The number of para-hydroxylation sites is 1. The van der Waals surface area contributed by atoms with Crippen molar-refractivity contribution < 1.29 is 13.2 Å². The molecule has 0 aliphatic heterocycles. The molecule has 0 aromatic heterocycles. The van der Waals surface area contributed by atoms with Gasteiger partial charge in [0.05, 0.1) is 6.26 Å². The molecule has 110 valence electrons. The Labute approximate surface area is 120 Å². The Morgan fingerprint density at radius 2 is 1.90 bits per heavy atom. The molecule has 0 heterocycles. The van der Waals surface area contributed by atoms with Crippen LogP contribution in [-0.2, 0) is 14.8 Å². The van der Waals surface area contributed by atoms with Gasteiger partial charge in [0.15, 0.2) is 0 Å². The Balaban J connectivity index is 2.64. The summed E-state index contributed by atoms with van der Waals surface area (Å²) in [6.45, 7) is 3.89. The van der Waals surface area contributed by atoms with Gasteiger partial charge in [-0.1, -0.05) is 24.3 Å². The van der Waals surface area contributed by atoms with Gasteiger partial charge in [0.2, 0.25) is 15.9 Å². The Kier molecular flexibility index (Phi) is 5.91. The lowest BCUT2D eigenvalue weighted by atomic mass is 10.2. The zero-order chi connectivity index (χ0) is 15.2. The Morgan fingerprint density at radius 3 is 2.40 bits per heavy atom. The topological polar surface area (TPSA) is 57.7 Å². The number of benzene rings is 1. The molecule has 0 aliphatic rings. The molecule has 0 N–H and O–H groups in total. The van der Waals surface area contributed by atoms with E-state index in [1.165, 1.54) is 15.3 Å². The van der Waals surface area contributed by atoms with Gasteiger partial charge in [-0.05, 0) is 12.1 Å². The van der Waals surface area contributed by atoms with Gasteiger partial charge in [-0.3, -0.25) is 4.79 Å². The molecule has 0 aliphatic carbocycles. The van der Waals surface area contributed by atoms with E-state index in [9.17, 15) is 13.2 Å². The van der Waals surface area contributed by atoms with Crippen molar-refractivity contribution in [3.8, 4) is 0 Å². The van der Waals surface area contributed by atoms with Crippen molar-refractivity contribution in [2.24, 2.45) is 0 Å². The number of hydrogen-bond donors (Lipinski definition) is 0. The van der Waals surface area contributed by atoms with Crippen LogP contribution < -0.4 is 4.90 Å². The zero-order valence-corrected chi connectivity index (χ0v) is 12.6. The average molecular weight is 296 g/mol. The molecule has 0 bridgehead atoms. The van der Waals surface area contributed by atoms with Crippen molar-refractivity contribution in [3.63, 3.8) is 0 Å². The van der Waals surface area contributed by atoms with E-state index in [0.717, 1.165) is 11.9 Å². The molecule has 0 saturated heterocycles. The molecule has 0 spiro atoms. The first-order chi connectivity index (χ1) is 9.36. The first-order valence-electron chi connectivity index (χ1n) is 6.24. The number of hydrogen-bond acceptors (Lipinski definition) is 3. The minimum Gasteiger partial charge on any atom is -0.315 e. The van der Waals surface area contributed by atoms with Gasteiger partial charge in [0.1, 0.15) is 0 Å². The Morgan fingerprint density at radius 1 is 1.30 bits per heavy atom. The maximum atomic E-state index is 12.1. The smallest absolute Gasteiger partial charge is 0.228 e. The summed E-state index contributed by atoms with van der Waals surface area (Å²) < 4.78 is 24.3. The summed E-state index contributed by atoms with van der Waals surface area (Å²) in [6.07, 6.45) is 2.76. The van der Waals surface area contributed by atoms with Crippen molar-refractivity contribution in [3.05, 3.63) is 43.0 Å². The summed E-state index contributed by atoms with van der Waals surface area (Å²) in [6, 6.07) is 9.22. The highest BCUT2D eigenvalue weighted by molar-refractivity contribution is 7.88. The fourth-order valence-corrected chi connectivity index (χ4v) is 2.52. The molecule has 5 nitrogen and oxygen atoms in total. The van der Waals surface area contributed by atoms with E-state index in [1.54, 1.807) is 7.05 Å². The predicted octanol–water partition coefficient (Wildman–Crippen LogP) is 1.49. The van der Waals surface area contributed by atoms with Crippen LogP contribution in [0.4, 0.5) is 5.69 Å². The number of amides is 1. The summed E-state index contributed by atoms with van der Waals surface area (Å²) in [5, 5.41) is 0. The van der Waals surface area contributed by atoms with Gasteiger partial charge >= 0.3 is 0 Å². The molecule has 0 unspecified atom stereocenters. The van der Waals surface area contributed by atoms with Crippen LogP contribution in [-0.4, -0.2) is 45.0 Å². The van der Waals surface area contributed by atoms with Crippen LogP contribution in [0.25, 0.3) is 0 Å². The number of nitrogens with zero attached hydrogens (tertiary/aromatic N) is 2. The normalized spacial score (nSPS) is 11.3. The van der Waals surface area contributed by atoms with E-state index in [4.69, 9.17) is 0 Å². The zero-order valence-electron chi connectivity index (χ0n) is 11.8. The fraction of sp³-hybridized carbons (Fsp3) is 0.357. The largest absolute Gasteiger partial charge is 0.315 e. The van der Waals surface area contributed by atoms with E-state index in [2.05, 4.69) is 6.58 Å². The van der Waals surface area contributed by atoms with Crippen LogP contribution in [0.2, 0.25) is 0 Å². The summed E-state index contributed by atoms with van der Waals surface area (Å²) >= 11 is 0. The van der Waals surface area contributed by atoms with E-state index in [0.29, 0.717) is 0 Å². The monoisotopic (exact) mass is 296 g/mol. The van der Waals surface area contributed by atoms with Gasteiger partial charge in [-0.25, -0.2) is 8.42 Å². The highest BCUT2D eigenvalue weighted by atomic mass is 32.2. The third-order valence-electron chi connectivity index (χ3n) is 2.89. The molecule has 1 aromatic carbocycles. The molecule has 1 aromatic rings. The predicted molar refractivity (Wildman–Crippen MR) is 81.1 cm³/mol. The SMILES string of the molecule is C=CCN(CCC(=O)N(C)c1ccccc1)S(C)(=O)=O. The number of carbonyl (C=O) groups is 1. The first-order valence-corrected chi connectivity index (χ1v) is 8.08. The van der Waals surface area contributed by atoms with E-state index >= 15 is 0 Å². The third-order valence-corrected chi connectivity index (χ3v) is 4.16. The number of rotatable bonds is 7. The fourth-order valence-electron chi connectivity index (χ4n) is 1.72. The van der Waals surface area contributed by atoms with Gasteiger partial charge in [0, 0.05) is 32.2 Å². The van der Waals surface area contributed by atoms with Crippen LogP contribution in [0.15, 0.2) is 43.0 Å². The number of carbonyl (C=O) groups excluding carboxylic acids is 1. The van der Waals surface area contributed by atoms with Crippen LogP contribution in [0, 0.1) is 0 Å². The van der Waals surface area contributed by atoms with Crippen molar-refractivity contribution in [2.45, 2.75) is 6.42 Å². The summed E-state index contributed by atoms with van der Waals surface area (Å²) in [4.78, 5) is 13.6. The van der Waals surface area contributed by atoms with Gasteiger partial charge in [-0.15, -0.1) is 6.58 Å². The summed E-state index contributed by atoms with van der Waals surface area (Å²) in [7, 11) is -1.65. The average Bonchev–Trinajstić information content (AvgIpc) is 2.42. The lowest BCUT2D eigenvalue weighted by Gasteiger charge is -2.21. The molecule has 0 atom stereocenters. The molecular formula is C14H20N2O3S. The Hall–Kier alpha value is -1.66. The standard InChI is InChI=1S/C14H20N2O3S/c1-4-11-16(20(3,18)19)12-10-14(17)15(2)13-8-6-5-7-9-13/h4-9H,1,10-12H2,2-3H3. The summed E-state index contributed by atoms with van der Waals surface area (Å²) in [5.74, 6) is -0.131. The molecular weight excluding hydrogens is 276 g/mol. The van der Waals surface area contributed by atoms with Gasteiger partial charge in [0.25, 0.3) is 0 Å². The molecule has 20 heavy (non-hydrogen) atoms. The number of anilines is 1. The van der Waals surface area contributed by atoms with E-state index < -0.39 is 10.0 Å². The molecule has 6 heteroatoms. The first kappa shape index (κ1) is 16.4. The van der Waals surface area contributed by atoms with E-state index in [-0.39, 0.29) is 25.4 Å². The maximum Gasteiger partial charge on any atom is 0.228 e. The van der Waals surface area contributed by atoms with Gasteiger partial charge < -0.3 is 4.90 Å². The van der Waals surface area contributed by atoms with Crippen LogP contribution in [0.5, 0.6) is 0 Å². The lowest BCUT2D eigenvalue weighted by molar-refractivity contribution is -0.118. The van der Waals surface area contributed by atoms with E-state index in [1.807, 2.05) is 30.3 Å². The lowest BCUT2D eigenvalue weighted by Crippen LogP contribution is -2.35. The molecule has 1 amide bonds. The highest BCUT2D eigenvalue weighted by Crippen LogP contribution is 2.12. The van der Waals surface area contributed by atoms with Crippen molar-refractivity contribution in [2.75, 3.05) is 31.3 Å². The second-order valence-electron chi connectivity index (χ2n) is 4.45. The van der Waals surface area contributed by atoms with Gasteiger partial charge in [-0.2, -0.15) is 4.31 Å². The molecule has 0 fully saturated rings. The second-order valence-corrected chi connectivity index (χ2v) is 6.43. The second kappa shape index (κ2) is 7.21. The van der Waals surface area contributed by atoms with Crippen molar-refractivity contribution in [1.82, 2.24) is 4.31 Å². The number of sulfonamides is 1. The highest BCUT2D eigenvalue weighted by Gasteiger charge is 2.18. The summed E-state index contributed by atoms with van der Waals surface area (Å²) in [5.41, 5.74) is 0.784. The minimum atomic E-state index is -3.32. The van der Waals surface area contributed by atoms with Crippen LogP contribution in [0.1, 0.15) is 6.42 Å². The van der Waals surface area contributed by atoms with Crippen LogP contribution >= 0.6 is 0 Å². The molecule has 1 rings (SSSR count). The quantitative estimate of drug-likeness (QED) is 0.716. The molecule has 0 radical (unpaired) electrons.